The molecule has 1 heterocycles. The Kier molecular flexibility index (Phi) is 7.14. The Balaban J connectivity index is 1.47. The van der Waals surface area contributed by atoms with Gasteiger partial charge in [0.2, 0.25) is 0 Å². The van der Waals surface area contributed by atoms with Gasteiger partial charge in [-0.05, 0) is 41.8 Å². The highest BCUT2D eigenvalue weighted by molar-refractivity contribution is 5.99. The van der Waals surface area contributed by atoms with E-state index in [-0.39, 0.29) is 22.5 Å². The lowest BCUT2D eigenvalue weighted by Crippen LogP contribution is -2.29. The van der Waals surface area contributed by atoms with Crippen LogP contribution in [0.3, 0.4) is 0 Å². The molecule has 0 aliphatic heterocycles. The number of nitrogens with one attached hydrogen (secondary N) is 1. The Hall–Kier alpha value is -4.96. The zero-order valence-corrected chi connectivity index (χ0v) is 18.6. The van der Waals surface area contributed by atoms with Crippen molar-refractivity contribution in [1.29, 1.82) is 5.26 Å². The van der Waals surface area contributed by atoms with Gasteiger partial charge in [0, 0.05) is 18.0 Å². The van der Waals surface area contributed by atoms with Crippen LogP contribution in [0.2, 0.25) is 0 Å². The third-order valence-corrected chi connectivity index (χ3v) is 5.16. The Morgan fingerprint density at radius 2 is 1.69 bits per heavy atom. The summed E-state index contributed by atoms with van der Waals surface area (Å²) < 4.78 is 10.6. The first-order chi connectivity index (χ1) is 17.0. The SMILES string of the molecule is N#C/C(=C\c1ccccc1)C(=O)Oc1ccc2cc(C(=O)NCCc3ccccc3)c(=O)oc2c1. The molecule has 0 radical (unpaired) electrons. The van der Waals surface area contributed by atoms with Crippen molar-refractivity contribution in [3.8, 4) is 11.8 Å². The van der Waals surface area contributed by atoms with Crippen LogP contribution in [-0.2, 0) is 11.2 Å². The van der Waals surface area contributed by atoms with E-state index in [0.717, 1.165) is 5.56 Å². The predicted octanol–water partition coefficient (Wildman–Crippen LogP) is 4.28. The molecule has 4 rings (SSSR count). The maximum Gasteiger partial charge on any atom is 0.354 e. The molecule has 4 aromatic rings. The molecule has 7 nitrogen and oxygen atoms in total. The van der Waals surface area contributed by atoms with Crippen LogP contribution in [0.5, 0.6) is 5.75 Å². The van der Waals surface area contributed by atoms with Crippen molar-refractivity contribution >= 4 is 28.9 Å². The number of esters is 1. The molecule has 0 bridgehead atoms. The van der Waals surface area contributed by atoms with E-state index in [4.69, 9.17) is 9.15 Å². The van der Waals surface area contributed by atoms with Gasteiger partial charge in [0.25, 0.3) is 5.91 Å². The van der Waals surface area contributed by atoms with E-state index in [1.807, 2.05) is 42.5 Å². The second kappa shape index (κ2) is 10.8. The molecule has 0 saturated heterocycles. The summed E-state index contributed by atoms with van der Waals surface area (Å²) in [6.07, 6.45) is 2.05. The van der Waals surface area contributed by atoms with E-state index >= 15 is 0 Å². The van der Waals surface area contributed by atoms with Crippen LogP contribution in [-0.4, -0.2) is 18.4 Å². The number of hydrogen-bond acceptors (Lipinski definition) is 6. The highest BCUT2D eigenvalue weighted by Crippen LogP contribution is 2.22. The Morgan fingerprint density at radius 3 is 2.40 bits per heavy atom. The summed E-state index contributed by atoms with van der Waals surface area (Å²) in [5, 5.41) is 12.5. The first kappa shape index (κ1) is 23.2. The number of nitrogens with zero attached hydrogens (tertiary/aromatic N) is 1. The van der Waals surface area contributed by atoms with Crippen molar-refractivity contribution in [2.75, 3.05) is 6.54 Å². The van der Waals surface area contributed by atoms with Crippen LogP contribution in [0.15, 0.2) is 99.7 Å². The largest absolute Gasteiger partial charge is 0.422 e. The third-order valence-electron chi connectivity index (χ3n) is 5.16. The minimum absolute atomic E-state index is 0.0972. The third kappa shape index (κ3) is 5.89. The number of carbonyl (C=O) groups is 2. The van der Waals surface area contributed by atoms with Gasteiger partial charge in [-0.15, -0.1) is 0 Å². The van der Waals surface area contributed by atoms with Crippen LogP contribution in [0, 0.1) is 11.3 Å². The lowest BCUT2D eigenvalue weighted by atomic mass is 10.1. The van der Waals surface area contributed by atoms with Gasteiger partial charge in [0.05, 0.1) is 0 Å². The standard InChI is InChI=1S/C28H20N2O5/c29-18-22(15-20-9-5-2-6-10-20)27(32)34-23-12-11-21-16-24(28(33)35-25(21)17-23)26(31)30-14-13-19-7-3-1-4-8-19/h1-12,15-17H,13-14H2,(H,30,31)/b22-15+. The fraction of sp³-hybridized carbons (Fsp3) is 0.0714. The van der Waals surface area contributed by atoms with E-state index in [1.165, 1.54) is 24.3 Å². The van der Waals surface area contributed by atoms with Gasteiger partial charge in [0.15, 0.2) is 0 Å². The molecule has 0 fully saturated rings. The number of amides is 1. The average Bonchev–Trinajstić information content (AvgIpc) is 2.88. The maximum absolute atomic E-state index is 12.5. The van der Waals surface area contributed by atoms with Gasteiger partial charge in [-0.1, -0.05) is 60.7 Å². The molecule has 0 saturated carbocycles. The van der Waals surface area contributed by atoms with Crippen molar-refractivity contribution in [2.45, 2.75) is 6.42 Å². The highest BCUT2D eigenvalue weighted by Gasteiger charge is 2.16. The molecule has 0 aliphatic rings. The summed E-state index contributed by atoms with van der Waals surface area (Å²) >= 11 is 0. The van der Waals surface area contributed by atoms with Crippen LogP contribution in [0.25, 0.3) is 17.0 Å². The summed E-state index contributed by atoms with van der Waals surface area (Å²) in [6.45, 7) is 0.368. The summed E-state index contributed by atoms with van der Waals surface area (Å²) in [5.41, 5.74) is 0.790. The molecule has 35 heavy (non-hydrogen) atoms. The van der Waals surface area contributed by atoms with Crippen LogP contribution < -0.4 is 15.7 Å². The number of rotatable bonds is 7. The molecule has 7 heteroatoms. The fourth-order valence-corrected chi connectivity index (χ4v) is 3.39. The van der Waals surface area contributed by atoms with E-state index in [9.17, 15) is 19.6 Å². The first-order valence-electron chi connectivity index (χ1n) is 10.8. The Bertz CT molecular complexity index is 1500. The van der Waals surface area contributed by atoms with Gasteiger partial charge in [-0.2, -0.15) is 5.26 Å². The molecule has 172 valence electrons. The average molecular weight is 464 g/mol. The molecule has 1 amide bonds. The molecule has 0 aliphatic carbocycles. The zero-order valence-electron chi connectivity index (χ0n) is 18.6. The second-order valence-corrected chi connectivity index (χ2v) is 7.61. The van der Waals surface area contributed by atoms with Crippen LogP contribution >= 0.6 is 0 Å². The van der Waals surface area contributed by atoms with Gasteiger partial charge in [0.1, 0.15) is 28.5 Å². The molecular formula is C28H20N2O5. The lowest BCUT2D eigenvalue weighted by molar-refractivity contribution is -0.129. The summed E-state index contributed by atoms with van der Waals surface area (Å²) in [4.78, 5) is 37.3. The van der Waals surface area contributed by atoms with Gasteiger partial charge < -0.3 is 14.5 Å². The summed E-state index contributed by atoms with van der Waals surface area (Å²) in [7, 11) is 0. The topological polar surface area (TPSA) is 109 Å². The van der Waals surface area contributed by atoms with Gasteiger partial charge >= 0.3 is 11.6 Å². The summed E-state index contributed by atoms with van der Waals surface area (Å²) in [5.74, 6) is -1.27. The smallest absolute Gasteiger partial charge is 0.354 e. The van der Waals surface area contributed by atoms with Crippen LogP contribution in [0.1, 0.15) is 21.5 Å². The lowest BCUT2D eigenvalue weighted by Gasteiger charge is -2.07. The first-order valence-corrected chi connectivity index (χ1v) is 10.8. The minimum atomic E-state index is -0.840. The Morgan fingerprint density at radius 1 is 0.971 bits per heavy atom. The van der Waals surface area contributed by atoms with Crippen molar-refractivity contribution in [3.63, 3.8) is 0 Å². The van der Waals surface area contributed by atoms with E-state index < -0.39 is 17.5 Å². The number of hydrogen-bond donors (Lipinski definition) is 1. The second-order valence-electron chi connectivity index (χ2n) is 7.61. The van der Waals surface area contributed by atoms with E-state index in [2.05, 4.69) is 5.32 Å². The molecule has 1 N–H and O–H groups in total. The number of nitriles is 1. The van der Waals surface area contributed by atoms with E-state index in [0.29, 0.717) is 23.9 Å². The zero-order chi connectivity index (χ0) is 24.6. The van der Waals surface area contributed by atoms with Crippen molar-refractivity contribution in [1.82, 2.24) is 5.32 Å². The highest BCUT2D eigenvalue weighted by atomic mass is 16.5. The van der Waals surface area contributed by atoms with Crippen molar-refractivity contribution < 1.29 is 18.7 Å². The number of fused-ring (bicyclic) bond motifs is 1. The molecule has 0 unspecified atom stereocenters. The number of benzene rings is 3. The molecule has 3 aromatic carbocycles. The summed E-state index contributed by atoms with van der Waals surface area (Å²) in [6, 6.07) is 26.3. The molecule has 0 spiro atoms. The minimum Gasteiger partial charge on any atom is -0.422 e. The molecule has 1 aromatic heterocycles. The predicted molar refractivity (Wildman–Crippen MR) is 131 cm³/mol. The normalized spacial score (nSPS) is 11.0. The Labute approximate surface area is 200 Å². The molecule has 0 atom stereocenters. The quantitative estimate of drug-likeness (QED) is 0.144. The van der Waals surface area contributed by atoms with Crippen molar-refractivity contribution in [2.24, 2.45) is 0 Å². The van der Waals surface area contributed by atoms with Crippen molar-refractivity contribution in [3.05, 3.63) is 118 Å². The van der Waals surface area contributed by atoms with Gasteiger partial charge in [-0.25, -0.2) is 9.59 Å². The van der Waals surface area contributed by atoms with E-state index in [1.54, 1.807) is 30.3 Å². The van der Waals surface area contributed by atoms with Crippen LogP contribution in [0.4, 0.5) is 0 Å². The van der Waals surface area contributed by atoms with Gasteiger partial charge in [-0.3, -0.25) is 4.79 Å². The molecular weight excluding hydrogens is 444 g/mol. The number of ether oxygens (including phenoxy) is 1. The maximum atomic E-state index is 12.5. The monoisotopic (exact) mass is 464 g/mol. The number of carbonyl (C=O) groups excluding carboxylic acids is 2. The fourth-order valence-electron chi connectivity index (χ4n) is 3.39.